The summed E-state index contributed by atoms with van der Waals surface area (Å²) < 4.78 is 5.81. The lowest BCUT2D eigenvalue weighted by molar-refractivity contribution is 0.107. The zero-order chi connectivity index (χ0) is 13.1. The minimum atomic E-state index is 0.0435. The first kappa shape index (κ1) is 12.4. The van der Waals surface area contributed by atoms with Gasteiger partial charge in [-0.1, -0.05) is 41.9 Å². The van der Waals surface area contributed by atoms with Crippen LogP contribution in [0.5, 0.6) is 0 Å². The molecule has 4 nitrogen and oxygen atoms in total. The molecule has 5 heteroatoms. The smallest absolute Gasteiger partial charge is 0.149 e. The largest absolute Gasteiger partial charge is 0.371 e. The Labute approximate surface area is 116 Å². The lowest BCUT2D eigenvalue weighted by Gasteiger charge is -2.20. The van der Waals surface area contributed by atoms with Gasteiger partial charge >= 0.3 is 0 Å². The van der Waals surface area contributed by atoms with Crippen molar-refractivity contribution in [3.63, 3.8) is 0 Å². The second-order valence-electron chi connectivity index (χ2n) is 4.47. The molecule has 0 amide bonds. The van der Waals surface area contributed by atoms with E-state index in [9.17, 15) is 0 Å². The van der Waals surface area contributed by atoms with Gasteiger partial charge in [0.2, 0.25) is 0 Å². The van der Waals surface area contributed by atoms with Crippen LogP contribution in [0.1, 0.15) is 18.1 Å². The van der Waals surface area contributed by atoms with Crippen LogP contribution in [0.2, 0.25) is 5.15 Å². The highest BCUT2D eigenvalue weighted by Crippen LogP contribution is 2.30. The van der Waals surface area contributed by atoms with Crippen LogP contribution in [0.25, 0.3) is 0 Å². The van der Waals surface area contributed by atoms with E-state index in [-0.39, 0.29) is 12.1 Å². The predicted octanol–water partition coefficient (Wildman–Crippen LogP) is 3.07. The maximum atomic E-state index is 5.84. The van der Waals surface area contributed by atoms with Gasteiger partial charge in [-0.2, -0.15) is 0 Å². The first-order valence-electron chi connectivity index (χ1n) is 6.23. The molecule has 1 fully saturated rings. The maximum Gasteiger partial charge on any atom is 0.149 e. The standard InChI is InChI=1S/C14H14ClN3O/c15-12-8-16-9-13(18-12)17-11-6-7-19-14(11)10-4-2-1-3-5-10/h1-5,8-9,11,14H,6-7H2,(H,17,18)/t11-,14-/m1/s1. The molecule has 2 atom stereocenters. The number of nitrogens with one attached hydrogen (secondary N) is 1. The first-order chi connectivity index (χ1) is 9.33. The van der Waals surface area contributed by atoms with Crippen LogP contribution in [0.4, 0.5) is 5.82 Å². The van der Waals surface area contributed by atoms with Gasteiger partial charge in [0.1, 0.15) is 17.1 Å². The Morgan fingerprint density at radius 1 is 1.21 bits per heavy atom. The number of hydrogen-bond acceptors (Lipinski definition) is 4. The highest BCUT2D eigenvalue weighted by molar-refractivity contribution is 6.29. The molecule has 0 spiro atoms. The van der Waals surface area contributed by atoms with Crippen LogP contribution in [0.3, 0.4) is 0 Å². The molecule has 2 heterocycles. The van der Waals surface area contributed by atoms with Crippen molar-refractivity contribution in [1.82, 2.24) is 9.97 Å². The Kier molecular flexibility index (Phi) is 3.62. The van der Waals surface area contributed by atoms with Crippen molar-refractivity contribution in [2.75, 3.05) is 11.9 Å². The van der Waals surface area contributed by atoms with Crippen LogP contribution < -0.4 is 5.32 Å². The quantitative estimate of drug-likeness (QED) is 0.935. The van der Waals surface area contributed by atoms with Crippen molar-refractivity contribution in [2.24, 2.45) is 0 Å². The molecule has 1 aromatic heterocycles. The number of hydrogen-bond donors (Lipinski definition) is 1. The van der Waals surface area contributed by atoms with Crippen molar-refractivity contribution in [1.29, 1.82) is 0 Å². The molecule has 98 valence electrons. The molecule has 0 unspecified atom stereocenters. The molecule has 1 aliphatic rings. The minimum Gasteiger partial charge on any atom is -0.371 e. The molecular formula is C14H14ClN3O. The van der Waals surface area contributed by atoms with Gasteiger partial charge in [-0.3, -0.25) is 4.98 Å². The highest BCUT2D eigenvalue weighted by atomic mass is 35.5. The Morgan fingerprint density at radius 2 is 2.05 bits per heavy atom. The summed E-state index contributed by atoms with van der Waals surface area (Å²) in [5, 5.41) is 3.74. The van der Waals surface area contributed by atoms with Gasteiger partial charge in [0.15, 0.2) is 0 Å². The van der Waals surface area contributed by atoms with Gasteiger partial charge in [0.05, 0.1) is 18.4 Å². The molecule has 0 aliphatic carbocycles. The van der Waals surface area contributed by atoms with E-state index < -0.39 is 0 Å². The van der Waals surface area contributed by atoms with Crippen LogP contribution in [-0.2, 0) is 4.74 Å². The zero-order valence-corrected chi connectivity index (χ0v) is 11.0. The average molecular weight is 276 g/mol. The van der Waals surface area contributed by atoms with Crippen molar-refractivity contribution in [2.45, 2.75) is 18.6 Å². The van der Waals surface area contributed by atoms with E-state index in [1.165, 1.54) is 11.8 Å². The number of anilines is 1. The molecule has 0 saturated carbocycles. The van der Waals surface area contributed by atoms with Crippen molar-refractivity contribution < 1.29 is 4.74 Å². The molecule has 2 aromatic rings. The average Bonchev–Trinajstić information content (AvgIpc) is 2.88. The summed E-state index contributed by atoms with van der Waals surface area (Å²) in [4.78, 5) is 8.23. The third-order valence-corrected chi connectivity index (χ3v) is 3.34. The molecular weight excluding hydrogens is 262 g/mol. The Morgan fingerprint density at radius 3 is 2.84 bits per heavy atom. The summed E-state index contributed by atoms with van der Waals surface area (Å²) in [5.74, 6) is 0.684. The van der Waals surface area contributed by atoms with E-state index in [0.717, 1.165) is 13.0 Å². The number of nitrogens with zero attached hydrogens (tertiary/aromatic N) is 2. The van der Waals surface area contributed by atoms with Crippen molar-refractivity contribution >= 4 is 17.4 Å². The van der Waals surface area contributed by atoms with Gasteiger partial charge in [0.25, 0.3) is 0 Å². The number of ether oxygens (including phenoxy) is 1. The van der Waals surface area contributed by atoms with E-state index >= 15 is 0 Å². The molecule has 1 N–H and O–H groups in total. The predicted molar refractivity (Wildman–Crippen MR) is 74.2 cm³/mol. The van der Waals surface area contributed by atoms with Gasteiger partial charge in [-0.25, -0.2) is 4.98 Å². The summed E-state index contributed by atoms with van der Waals surface area (Å²) in [6.07, 6.45) is 4.18. The fourth-order valence-corrected chi connectivity index (χ4v) is 2.46. The molecule has 1 saturated heterocycles. The summed E-state index contributed by atoms with van der Waals surface area (Å²) in [5.41, 5.74) is 1.17. The fourth-order valence-electron chi connectivity index (χ4n) is 2.31. The zero-order valence-electron chi connectivity index (χ0n) is 10.3. The highest BCUT2D eigenvalue weighted by Gasteiger charge is 2.29. The van der Waals surface area contributed by atoms with Crippen LogP contribution in [-0.4, -0.2) is 22.6 Å². The first-order valence-corrected chi connectivity index (χ1v) is 6.61. The Hall–Kier alpha value is -1.65. The van der Waals surface area contributed by atoms with Crippen LogP contribution in [0, 0.1) is 0 Å². The molecule has 3 rings (SSSR count). The number of benzene rings is 1. The van der Waals surface area contributed by atoms with Crippen LogP contribution in [0.15, 0.2) is 42.7 Å². The van der Waals surface area contributed by atoms with Crippen molar-refractivity contribution in [3.05, 3.63) is 53.4 Å². The summed E-state index contributed by atoms with van der Waals surface area (Å²) in [7, 11) is 0. The van der Waals surface area contributed by atoms with E-state index in [0.29, 0.717) is 11.0 Å². The van der Waals surface area contributed by atoms with E-state index in [4.69, 9.17) is 16.3 Å². The molecule has 19 heavy (non-hydrogen) atoms. The van der Waals surface area contributed by atoms with Gasteiger partial charge < -0.3 is 10.1 Å². The Balaban J connectivity index is 1.77. The van der Waals surface area contributed by atoms with E-state index in [1.54, 1.807) is 6.20 Å². The summed E-state index contributed by atoms with van der Waals surface area (Å²) >= 11 is 5.84. The second kappa shape index (κ2) is 5.55. The van der Waals surface area contributed by atoms with Crippen molar-refractivity contribution in [3.8, 4) is 0 Å². The maximum absolute atomic E-state index is 5.84. The van der Waals surface area contributed by atoms with Gasteiger partial charge in [-0.05, 0) is 12.0 Å². The molecule has 0 radical (unpaired) electrons. The number of rotatable bonds is 3. The second-order valence-corrected chi connectivity index (χ2v) is 4.86. The lowest BCUT2D eigenvalue weighted by Crippen LogP contribution is -2.23. The summed E-state index contributed by atoms with van der Waals surface area (Å²) in [6.45, 7) is 0.741. The minimum absolute atomic E-state index is 0.0435. The fraction of sp³-hybridized carbons (Fsp3) is 0.286. The van der Waals surface area contributed by atoms with Gasteiger partial charge in [-0.15, -0.1) is 0 Å². The molecule has 1 aromatic carbocycles. The number of halogens is 1. The van der Waals surface area contributed by atoms with E-state index in [1.807, 2.05) is 18.2 Å². The number of aromatic nitrogens is 2. The third-order valence-electron chi connectivity index (χ3n) is 3.16. The van der Waals surface area contributed by atoms with Crippen LogP contribution >= 0.6 is 11.6 Å². The monoisotopic (exact) mass is 275 g/mol. The Bertz CT molecular complexity index is 549. The normalized spacial score (nSPS) is 22.4. The third kappa shape index (κ3) is 2.85. The topological polar surface area (TPSA) is 47.0 Å². The SMILES string of the molecule is Clc1cncc(N[C@@H]2CCO[C@@H]2c2ccccc2)n1. The molecule has 0 bridgehead atoms. The lowest BCUT2D eigenvalue weighted by atomic mass is 10.0. The summed E-state index contributed by atoms with van der Waals surface area (Å²) in [6, 6.07) is 10.4. The molecule has 1 aliphatic heterocycles. The van der Waals surface area contributed by atoms with E-state index in [2.05, 4.69) is 27.4 Å². The van der Waals surface area contributed by atoms with Gasteiger partial charge in [0, 0.05) is 6.61 Å².